The molecule has 1 atom stereocenters. The Morgan fingerprint density at radius 1 is 1.38 bits per heavy atom. The number of hydrogen-bond acceptors (Lipinski definition) is 3. The fourth-order valence-corrected chi connectivity index (χ4v) is 2.71. The van der Waals surface area contributed by atoms with Crippen molar-refractivity contribution in [2.24, 2.45) is 11.8 Å². The molecule has 1 saturated heterocycles. The molecule has 0 aromatic carbocycles. The predicted octanol–water partition coefficient (Wildman–Crippen LogP) is 1.82. The number of nitrogens with one attached hydrogen (secondary N) is 1. The van der Waals surface area contributed by atoms with Gasteiger partial charge in [0.1, 0.15) is 0 Å². The van der Waals surface area contributed by atoms with Crippen LogP contribution in [0.4, 0.5) is 0 Å². The third-order valence-electron chi connectivity index (χ3n) is 3.86. The fraction of sp³-hybridized carbons (Fsp3) is 0.714. The molecule has 21 heavy (non-hydrogen) atoms. The number of carbonyl (C=O) groups excluding carboxylic acids is 1. The van der Waals surface area contributed by atoms with Crippen LogP contribution in [0.5, 0.6) is 0 Å². The third kappa shape index (κ3) is 5.85. The maximum Gasteiger partial charge on any atom is 0.226 e. The van der Waals surface area contributed by atoms with Crippen molar-refractivity contribution in [2.75, 3.05) is 26.7 Å². The highest BCUT2D eigenvalue weighted by atomic mass is 35.5. The second-order valence-corrected chi connectivity index (χ2v) is 5.46. The maximum atomic E-state index is 12.2. The van der Waals surface area contributed by atoms with Gasteiger partial charge in [-0.15, -0.1) is 24.8 Å². The Kier molecular flexibility index (Phi) is 9.66. The minimum absolute atomic E-state index is 0. The first-order chi connectivity index (χ1) is 9.20. The molecule has 0 radical (unpaired) electrons. The van der Waals surface area contributed by atoms with E-state index in [2.05, 4.69) is 10.4 Å². The lowest BCUT2D eigenvalue weighted by atomic mass is 9.96. The summed E-state index contributed by atoms with van der Waals surface area (Å²) in [5.41, 5.74) is 0. The Labute approximate surface area is 139 Å². The molecular weight excluding hydrogens is 311 g/mol. The van der Waals surface area contributed by atoms with Crippen LogP contribution < -0.4 is 5.32 Å². The molecule has 0 saturated carbocycles. The molecule has 5 nitrogen and oxygen atoms in total. The lowest BCUT2D eigenvalue weighted by Gasteiger charge is -2.33. The summed E-state index contributed by atoms with van der Waals surface area (Å²) in [5.74, 6) is 1.00. The summed E-state index contributed by atoms with van der Waals surface area (Å²) < 4.78 is 1.99. The van der Waals surface area contributed by atoms with E-state index in [9.17, 15) is 4.79 Å². The van der Waals surface area contributed by atoms with Crippen LogP contribution in [-0.4, -0.2) is 47.3 Å². The number of amides is 1. The predicted molar refractivity (Wildman–Crippen MR) is 89.1 cm³/mol. The van der Waals surface area contributed by atoms with Crippen molar-refractivity contribution in [1.82, 2.24) is 20.0 Å². The summed E-state index contributed by atoms with van der Waals surface area (Å²) in [6.07, 6.45) is 5.99. The minimum Gasteiger partial charge on any atom is -0.342 e. The van der Waals surface area contributed by atoms with Gasteiger partial charge in [0.05, 0.1) is 0 Å². The Morgan fingerprint density at radius 3 is 2.57 bits per heavy atom. The summed E-state index contributed by atoms with van der Waals surface area (Å²) in [5, 5.41) is 7.31. The Bertz CT molecular complexity index is 392. The van der Waals surface area contributed by atoms with Gasteiger partial charge in [-0.05, 0) is 31.9 Å². The zero-order chi connectivity index (χ0) is 13.7. The number of rotatable bonds is 5. The molecule has 1 aromatic rings. The van der Waals surface area contributed by atoms with E-state index in [0.29, 0.717) is 5.92 Å². The average molecular weight is 337 g/mol. The van der Waals surface area contributed by atoms with Crippen LogP contribution in [0, 0.1) is 11.8 Å². The molecule has 0 spiro atoms. The van der Waals surface area contributed by atoms with E-state index in [1.807, 2.05) is 42.0 Å². The van der Waals surface area contributed by atoms with Gasteiger partial charge in [0, 0.05) is 44.5 Å². The zero-order valence-electron chi connectivity index (χ0n) is 12.7. The van der Waals surface area contributed by atoms with Gasteiger partial charge in [-0.1, -0.05) is 6.92 Å². The molecule has 2 rings (SSSR count). The SMILES string of the molecule is CNCC(C)C(=O)N1CCC(Cn2cccn2)CC1.Cl.Cl. The molecule has 2 heterocycles. The first-order valence-corrected chi connectivity index (χ1v) is 7.11. The van der Waals surface area contributed by atoms with Gasteiger partial charge in [-0.2, -0.15) is 5.10 Å². The van der Waals surface area contributed by atoms with Gasteiger partial charge in [0.2, 0.25) is 5.91 Å². The number of nitrogens with zero attached hydrogens (tertiary/aromatic N) is 3. The Hall–Kier alpha value is -0.780. The molecule has 0 aliphatic carbocycles. The van der Waals surface area contributed by atoms with Crippen molar-refractivity contribution in [1.29, 1.82) is 0 Å². The number of hydrogen-bond donors (Lipinski definition) is 1. The Balaban J connectivity index is 0.00000200. The molecule has 1 N–H and O–H groups in total. The molecular formula is C14H26Cl2N4O. The van der Waals surface area contributed by atoms with Crippen LogP contribution in [0.1, 0.15) is 19.8 Å². The summed E-state index contributed by atoms with van der Waals surface area (Å²) in [6, 6.07) is 1.96. The van der Waals surface area contributed by atoms with Crippen molar-refractivity contribution in [3.63, 3.8) is 0 Å². The smallest absolute Gasteiger partial charge is 0.226 e. The first kappa shape index (κ1) is 20.2. The molecule has 7 heteroatoms. The van der Waals surface area contributed by atoms with E-state index in [4.69, 9.17) is 0 Å². The van der Waals surface area contributed by atoms with E-state index in [0.717, 1.165) is 39.0 Å². The van der Waals surface area contributed by atoms with Crippen LogP contribution in [0.2, 0.25) is 0 Å². The maximum absolute atomic E-state index is 12.2. The van der Waals surface area contributed by atoms with Gasteiger partial charge < -0.3 is 10.2 Å². The van der Waals surface area contributed by atoms with Crippen LogP contribution in [0.25, 0.3) is 0 Å². The summed E-state index contributed by atoms with van der Waals surface area (Å²) in [7, 11) is 1.89. The normalized spacial score (nSPS) is 16.8. The van der Waals surface area contributed by atoms with Crippen molar-refractivity contribution in [3.8, 4) is 0 Å². The minimum atomic E-state index is 0. The lowest BCUT2D eigenvalue weighted by Crippen LogP contribution is -2.43. The van der Waals surface area contributed by atoms with E-state index in [1.165, 1.54) is 0 Å². The molecule has 1 amide bonds. The first-order valence-electron chi connectivity index (χ1n) is 7.11. The van der Waals surface area contributed by atoms with Gasteiger partial charge in [-0.25, -0.2) is 0 Å². The quantitative estimate of drug-likeness (QED) is 0.892. The molecule has 1 aliphatic heterocycles. The average Bonchev–Trinajstić information content (AvgIpc) is 2.92. The number of aromatic nitrogens is 2. The van der Waals surface area contributed by atoms with Gasteiger partial charge in [0.15, 0.2) is 0 Å². The van der Waals surface area contributed by atoms with Crippen LogP contribution in [-0.2, 0) is 11.3 Å². The summed E-state index contributed by atoms with van der Waals surface area (Å²) >= 11 is 0. The highest BCUT2D eigenvalue weighted by molar-refractivity contribution is 5.85. The second kappa shape index (κ2) is 10.0. The number of piperidine rings is 1. The molecule has 122 valence electrons. The lowest BCUT2D eigenvalue weighted by molar-refractivity contribution is -0.136. The standard InChI is InChI=1S/C14H24N4O.2ClH/c1-12(10-15-2)14(19)17-8-4-13(5-9-17)11-18-7-3-6-16-18;;/h3,6-7,12-13,15H,4-5,8-11H2,1-2H3;2*1H. The van der Waals surface area contributed by atoms with E-state index < -0.39 is 0 Å². The van der Waals surface area contributed by atoms with Crippen LogP contribution in [0.3, 0.4) is 0 Å². The second-order valence-electron chi connectivity index (χ2n) is 5.46. The summed E-state index contributed by atoms with van der Waals surface area (Å²) in [6.45, 7) is 5.50. The molecule has 1 aromatic heterocycles. The highest BCUT2D eigenvalue weighted by Gasteiger charge is 2.25. The molecule has 1 unspecified atom stereocenters. The van der Waals surface area contributed by atoms with Gasteiger partial charge in [-0.3, -0.25) is 9.48 Å². The van der Waals surface area contributed by atoms with E-state index >= 15 is 0 Å². The monoisotopic (exact) mass is 336 g/mol. The third-order valence-corrected chi connectivity index (χ3v) is 3.86. The van der Waals surface area contributed by atoms with Crippen molar-refractivity contribution >= 4 is 30.7 Å². The van der Waals surface area contributed by atoms with E-state index in [1.54, 1.807) is 0 Å². The van der Waals surface area contributed by atoms with Crippen LogP contribution >= 0.6 is 24.8 Å². The zero-order valence-corrected chi connectivity index (χ0v) is 14.3. The van der Waals surface area contributed by atoms with E-state index in [-0.39, 0.29) is 36.6 Å². The molecule has 1 aliphatic rings. The number of likely N-dealkylation sites (tertiary alicyclic amines) is 1. The van der Waals surface area contributed by atoms with Crippen molar-refractivity contribution in [2.45, 2.75) is 26.3 Å². The molecule has 0 bridgehead atoms. The van der Waals surface area contributed by atoms with Crippen molar-refractivity contribution in [3.05, 3.63) is 18.5 Å². The largest absolute Gasteiger partial charge is 0.342 e. The van der Waals surface area contributed by atoms with Gasteiger partial charge in [0.25, 0.3) is 0 Å². The van der Waals surface area contributed by atoms with Crippen LogP contribution in [0.15, 0.2) is 18.5 Å². The highest BCUT2D eigenvalue weighted by Crippen LogP contribution is 2.20. The van der Waals surface area contributed by atoms with Crippen molar-refractivity contribution < 1.29 is 4.79 Å². The van der Waals surface area contributed by atoms with Gasteiger partial charge >= 0.3 is 0 Å². The fourth-order valence-electron chi connectivity index (χ4n) is 2.71. The Morgan fingerprint density at radius 2 is 2.05 bits per heavy atom. The number of carbonyl (C=O) groups is 1. The summed E-state index contributed by atoms with van der Waals surface area (Å²) in [4.78, 5) is 14.2. The number of halogens is 2. The molecule has 1 fully saturated rings. The topological polar surface area (TPSA) is 50.2 Å².